The number of rotatable bonds is 4. The van der Waals surface area contributed by atoms with Gasteiger partial charge in [-0.3, -0.25) is 4.79 Å². The highest BCUT2D eigenvalue weighted by Crippen LogP contribution is 2.47. The van der Waals surface area contributed by atoms with Gasteiger partial charge in [0.05, 0.1) is 5.41 Å². The topological polar surface area (TPSA) is 75.7 Å². The molecule has 1 heterocycles. The van der Waals surface area contributed by atoms with E-state index in [4.69, 9.17) is 4.74 Å². The summed E-state index contributed by atoms with van der Waals surface area (Å²) in [7, 11) is 0. The Kier molecular flexibility index (Phi) is 4.78. The molecule has 1 aliphatic carbocycles. The van der Waals surface area contributed by atoms with Gasteiger partial charge in [0.25, 0.3) is 0 Å². The van der Waals surface area contributed by atoms with E-state index in [0.717, 1.165) is 32.0 Å². The molecule has 0 spiro atoms. The molecule has 0 aromatic rings. The van der Waals surface area contributed by atoms with Crippen LogP contribution in [0.3, 0.4) is 0 Å². The number of piperidine rings is 1. The van der Waals surface area contributed by atoms with Crippen molar-refractivity contribution in [3.05, 3.63) is 0 Å². The van der Waals surface area contributed by atoms with E-state index >= 15 is 0 Å². The minimum atomic E-state index is -0.547. The monoisotopic (exact) mass is 310 g/mol. The Morgan fingerprint density at radius 1 is 1.36 bits per heavy atom. The number of likely N-dealkylation sites (tertiary alicyclic amines) is 1. The largest absolute Gasteiger partial charge is 0.444 e. The predicted molar refractivity (Wildman–Crippen MR) is 81.3 cm³/mol. The van der Waals surface area contributed by atoms with Crippen LogP contribution in [0.1, 0.15) is 46.5 Å². The summed E-state index contributed by atoms with van der Waals surface area (Å²) in [6, 6.07) is 0. The zero-order valence-corrected chi connectivity index (χ0v) is 13.7. The fourth-order valence-electron chi connectivity index (χ4n) is 2.81. The lowest BCUT2D eigenvalue weighted by Gasteiger charge is -2.33. The summed E-state index contributed by atoms with van der Waals surface area (Å²) in [4.78, 5) is 37.1. The van der Waals surface area contributed by atoms with Crippen molar-refractivity contribution >= 4 is 18.3 Å². The quantitative estimate of drug-likeness (QED) is 0.802. The van der Waals surface area contributed by atoms with E-state index < -0.39 is 17.1 Å². The molecule has 2 aliphatic rings. The van der Waals surface area contributed by atoms with Crippen molar-refractivity contribution in [2.75, 3.05) is 19.6 Å². The van der Waals surface area contributed by atoms with Crippen LogP contribution in [0.5, 0.6) is 0 Å². The van der Waals surface area contributed by atoms with Crippen molar-refractivity contribution in [1.82, 2.24) is 10.2 Å². The molecule has 0 radical (unpaired) electrons. The van der Waals surface area contributed by atoms with Crippen molar-refractivity contribution in [2.45, 2.75) is 52.1 Å². The van der Waals surface area contributed by atoms with Gasteiger partial charge in [-0.1, -0.05) is 0 Å². The number of ether oxygens (including phenoxy) is 1. The van der Waals surface area contributed by atoms with Gasteiger partial charge >= 0.3 is 6.09 Å². The second-order valence-electron chi connectivity index (χ2n) is 7.43. The first-order chi connectivity index (χ1) is 10.3. The Morgan fingerprint density at radius 3 is 2.59 bits per heavy atom. The Labute approximate surface area is 131 Å². The molecule has 22 heavy (non-hydrogen) atoms. The molecular weight excluding hydrogens is 284 g/mol. The highest BCUT2D eigenvalue weighted by atomic mass is 16.6. The Balaban J connectivity index is 1.86. The van der Waals surface area contributed by atoms with Crippen molar-refractivity contribution in [1.29, 1.82) is 0 Å². The van der Waals surface area contributed by atoms with Crippen LogP contribution in [0.25, 0.3) is 0 Å². The SMILES string of the molecule is CC(C)(C)OC(=O)NCC1(C(=O)N2CCC[C@@H](C=O)C2)CC1. The van der Waals surface area contributed by atoms with Crippen molar-refractivity contribution in [2.24, 2.45) is 11.3 Å². The fourth-order valence-corrected chi connectivity index (χ4v) is 2.81. The molecule has 124 valence electrons. The smallest absolute Gasteiger partial charge is 0.407 e. The molecule has 2 amide bonds. The van der Waals surface area contributed by atoms with Crippen LogP contribution in [0.2, 0.25) is 0 Å². The molecule has 1 N–H and O–H groups in total. The van der Waals surface area contributed by atoms with Gasteiger partial charge in [0.2, 0.25) is 5.91 Å². The molecule has 0 aromatic carbocycles. The van der Waals surface area contributed by atoms with Gasteiger partial charge in [-0.2, -0.15) is 0 Å². The van der Waals surface area contributed by atoms with E-state index in [1.807, 2.05) is 0 Å². The summed E-state index contributed by atoms with van der Waals surface area (Å²) in [5, 5.41) is 2.71. The standard InChI is InChI=1S/C16H26N2O4/c1-15(2,3)22-14(21)17-11-16(6-7-16)13(20)18-8-4-5-12(9-18)10-19/h10,12H,4-9,11H2,1-3H3,(H,17,21)/t12-/m1/s1. The van der Waals surface area contributed by atoms with Crippen LogP contribution < -0.4 is 5.32 Å². The van der Waals surface area contributed by atoms with Gasteiger partial charge in [-0.15, -0.1) is 0 Å². The van der Waals surface area contributed by atoms with Crippen LogP contribution in [-0.4, -0.2) is 48.4 Å². The average molecular weight is 310 g/mol. The molecule has 2 rings (SSSR count). The summed E-state index contributed by atoms with van der Waals surface area (Å²) in [5.41, 5.74) is -1.03. The number of nitrogens with one attached hydrogen (secondary N) is 1. The van der Waals surface area contributed by atoms with Crippen molar-refractivity contribution in [3.8, 4) is 0 Å². The molecule has 1 aliphatic heterocycles. The number of carbonyl (C=O) groups excluding carboxylic acids is 3. The van der Waals surface area contributed by atoms with E-state index in [2.05, 4.69) is 5.32 Å². The average Bonchev–Trinajstić information content (AvgIpc) is 3.24. The molecule has 0 bridgehead atoms. The molecule has 1 saturated heterocycles. The fraction of sp³-hybridized carbons (Fsp3) is 0.812. The van der Waals surface area contributed by atoms with E-state index in [-0.39, 0.29) is 11.8 Å². The van der Waals surface area contributed by atoms with Gasteiger partial charge in [-0.25, -0.2) is 4.79 Å². The molecule has 0 aromatic heterocycles. The van der Waals surface area contributed by atoms with Gasteiger partial charge in [0, 0.05) is 25.6 Å². The Bertz CT molecular complexity index is 452. The summed E-state index contributed by atoms with van der Waals surface area (Å²) in [6.45, 7) is 6.94. The predicted octanol–water partition coefficient (Wildman–Crippen LogP) is 1.73. The highest BCUT2D eigenvalue weighted by Gasteiger charge is 2.52. The maximum atomic E-state index is 12.7. The first-order valence-corrected chi connectivity index (χ1v) is 7.97. The zero-order valence-electron chi connectivity index (χ0n) is 13.7. The Morgan fingerprint density at radius 2 is 2.05 bits per heavy atom. The lowest BCUT2D eigenvalue weighted by atomic mass is 9.97. The van der Waals surface area contributed by atoms with Crippen molar-refractivity contribution in [3.63, 3.8) is 0 Å². The minimum absolute atomic E-state index is 0.0488. The van der Waals surface area contributed by atoms with Gasteiger partial charge in [0.1, 0.15) is 11.9 Å². The molecular formula is C16H26N2O4. The van der Waals surface area contributed by atoms with E-state index in [9.17, 15) is 14.4 Å². The molecule has 6 nitrogen and oxygen atoms in total. The van der Waals surface area contributed by atoms with Crippen molar-refractivity contribution < 1.29 is 19.1 Å². The maximum Gasteiger partial charge on any atom is 0.407 e. The van der Waals surface area contributed by atoms with E-state index in [1.165, 1.54) is 0 Å². The first kappa shape index (κ1) is 16.8. The van der Waals surface area contributed by atoms with E-state index in [1.54, 1.807) is 25.7 Å². The number of hydrogen-bond donors (Lipinski definition) is 1. The number of carbonyl (C=O) groups is 3. The number of hydrogen-bond acceptors (Lipinski definition) is 4. The molecule has 1 saturated carbocycles. The van der Waals surface area contributed by atoms with Crippen LogP contribution in [0, 0.1) is 11.3 Å². The zero-order chi connectivity index (χ0) is 16.4. The van der Waals surface area contributed by atoms with Crippen LogP contribution >= 0.6 is 0 Å². The lowest BCUT2D eigenvalue weighted by molar-refractivity contribution is -0.139. The minimum Gasteiger partial charge on any atom is -0.444 e. The third kappa shape index (κ3) is 4.21. The number of amides is 2. The summed E-state index contributed by atoms with van der Waals surface area (Å²) in [6.07, 6.45) is 3.74. The second-order valence-corrected chi connectivity index (χ2v) is 7.43. The molecule has 0 unspecified atom stereocenters. The number of aldehydes is 1. The van der Waals surface area contributed by atoms with Crippen LogP contribution in [0.4, 0.5) is 4.79 Å². The molecule has 1 atom stereocenters. The lowest BCUT2D eigenvalue weighted by Crippen LogP contribution is -2.47. The Hall–Kier alpha value is -1.59. The third-order valence-electron chi connectivity index (χ3n) is 4.21. The van der Waals surface area contributed by atoms with Crippen LogP contribution in [0.15, 0.2) is 0 Å². The van der Waals surface area contributed by atoms with Crippen LogP contribution in [-0.2, 0) is 14.3 Å². The van der Waals surface area contributed by atoms with Gasteiger partial charge in [0.15, 0.2) is 0 Å². The van der Waals surface area contributed by atoms with E-state index in [0.29, 0.717) is 19.6 Å². The van der Waals surface area contributed by atoms with Gasteiger partial charge < -0.3 is 19.7 Å². The number of alkyl carbamates (subject to hydrolysis) is 1. The number of nitrogens with zero attached hydrogens (tertiary/aromatic N) is 1. The third-order valence-corrected chi connectivity index (χ3v) is 4.21. The highest BCUT2D eigenvalue weighted by molar-refractivity contribution is 5.86. The van der Waals surface area contributed by atoms with Gasteiger partial charge in [-0.05, 0) is 46.5 Å². The second kappa shape index (κ2) is 6.26. The molecule has 6 heteroatoms. The first-order valence-electron chi connectivity index (χ1n) is 7.97. The maximum absolute atomic E-state index is 12.7. The normalized spacial score (nSPS) is 23.6. The summed E-state index contributed by atoms with van der Waals surface area (Å²) >= 11 is 0. The summed E-state index contributed by atoms with van der Waals surface area (Å²) < 4.78 is 5.20. The molecule has 2 fully saturated rings. The summed E-state index contributed by atoms with van der Waals surface area (Å²) in [5.74, 6) is 0.0161.